The lowest BCUT2D eigenvalue weighted by Crippen LogP contribution is -2.63. The molecule has 0 aromatic heterocycles. The van der Waals surface area contributed by atoms with E-state index in [1.165, 1.54) is 12.8 Å². The van der Waals surface area contributed by atoms with Gasteiger partial charge in [-0.25, -0.2) is 0 Å². The fourth-order valence-corrected chi connectivity index (χ4v) is 2.75. The summed E-state index contributed by atoms with van der Waals surface area (Å²) in [6, 6.07) is 0.579. The highest BCUT2D eigenvalue weighted by atomic mass is 16.2. The molecule has 4 heteroatoms. The maximum Gasteiger partial charge on any atom is 0.242 e. The van der Waals surface area contributed by atoms with E-state index >= 15 is 0 Å². The van der Waals surface area contributed by atoms with Gasteiger partial charge in [-0.15, -0.1) is 0 Å². The van der Waals surface area contributed by atoms with Crippen LogP contribution >= 0.6 is 0 Å². The molecule has 1 atom stereocenters. The first-order chi connectivity index (χ1) is 7.51. The largest absolute Gasteiger partial charge is 0.343 e. The van der Waals surface area contributed by atoms with Crippen molar-refractivity contribution in [3.63, 3.8) is 0 Å². The van der Waals surface area contributed by atoms with E-state index in [1.54, 1.807) is 0 Å². The third-order valence-corrected chi connectivity index (χ3v) is 3.97. The average molecular weight is 225 g/mol. The summed E-state index contributed by atoms with van der Waals surface area (Å²) in [4.78, 5) is 16.3. The minimum atomic E-state index is -0.336. The normalized spacial score (nSPS) is 31.1. The summed E-state index contributed by atoms with van der Waals surface area (Å²) >= 11 is 0. The van der Waals surface area contributed by atoms with Gasteiger partial charge in [0.25, 0.3) is 0 Å². The minimum Gasteiger partial charge on any atom is -0.343 e. The maximum atomic E-state index is 12.1. The van der Waals surface area contributed by atoms with Crippen molar-refractivity contribution in [3.8, 4) is 0 Å². The van der Waals surface area contributed by atoms with Crippen molar-refractivity contribution in [1.82, 2.24) is 15.1 Å². The summed E-state index contributed by atoms with van der Waals surface area (Å²) in [7, 11) is 1.90. The van der Waals surface area contributed by atoms with Gasteiger partial charge in [-0.2, -0.15) is 0 Å². The molecule has 0 aromatic carbocycles. The van der Waals surface area contributed by atoms with Gasteiger partial charge < -0.3 is 10.2 Å². The lowest BCUT2D eigenvalue weighted by molar-refractivity contribution is -0.147. The lowest BCUT2D eigenvalue weighted by Gasteiger charge is -2.45. The number of nitrogens with one attached hydrogen (secondary N) is 1. The van der Waals surface area contributed by atoms with Crippen molar-refractivity contribution in [3.05, 3.63) is 0 Å². The molecule has 0 radical (unpaired) electrons. The molecule has 0 aliphatic carbocycles. The van der Waals surface area contributed by atoms with Crippen LogP contribution in [0.3, 0.4) is 0 Å². The van der Waals surface area contributed by atoms with Gasteiger partial charge in [-0.1, -0.05) is 0 Å². The van der Waals surface area contributed by atoms with Crippen LogP contribution in [0.15, 0.2) is 0 Å². The van der Waals surface area contributed by atoms with Gasteiger partial charge in [0.05, 0.1) is 5.54 Å². The molecule has 4 nitrogen and oxygen atoms in total. The number of nitrogens with zero attached hydrogens (tertiary/aromatic N) is 2. The van der Waals surface area contributed by atoms with Crippen LogP contribution in [0.1, 0.15) is 26.7 Å². The van der Waals surface area contributed by atoms with E-state index in [0.717, 1.165) is 26.2 Å². The molecule has 0 aromatic rings. The summed E-state index contributed by atoms with van der Waals surface area (Å²) in [6.07, 6.45) is 2.52. The van der Waals surface area contributed by atoms with Gasteiger partial charge in [0.15, 0.2) is 0 Å². The molecule has 2 saturated heterocycles. The van der Waals surface area contributed by atoms with Crippen molar-refractivity contribution in [2.75, 3.05) is 33.2 Å². The van der Waals surface area contributed by atoms with Crippen molar-refractivity contribution in [2.45, 2.75) is 38.3 Å². The SMILES string of the molecule is CN1CCN(C[C@H]2CCCN2)C(C)(C)C1=O. The molecule has 2 heterocycles. The van der Waals surface area contributed by atoms with Crippen molar-refractivity contribution in [1.29, 1.82) is 0 Å². The zero-order valence-electron chi connectivity index (χ0n) is 10.6. The third-order valence-electron chi connectivity index (χ3n) is 3.97. The molecule has 2 aliphatic rings. The number of amides is 1. The van der Waals surface area contributed by atoms with Gasteiger partial charge in [0, 0.05) is 32.7 Å². The molecule has 2 aliphatic heterocycles. The highest BCUT2D eigenvalue weighted by molar-refractivity contribution is 5.86. The Bertz CT molecular complexity index is 271. The first-order valence-corrected chi connectivity index (χ1v) is 6.26. The number of piperazine rings is 1. The van der Waals surface area contributed by atoms with E-state index in [1.807, 2.05) is 25.8 Å². The monoisotopic (exact) mass is 225 g/mol. The van der Waals surface area contributed by atoms with Gasteiger partial charge >= 0.3 is 0 Å². The van der Waals surface area contributed by atoms with E-state index in [0.29, 0.717) is 6.04 Å². The summed E-state index contributed by atoms with van der Waals surface area (Å²) in [6.45, 7) is 8.07. The smallest absolute Gasteiger partial charge is 0.242 e. The number of carbonyl (C=O) groups is 1. The molecule has 0 unspecified atom stereocenters. The van der Waals surface area contributed by atoms with Crippen molar-refractivity contribution in [2.24, 2.45) is 0 Å². The zero-order valence-corrected chi connectivity index (χ0v) is 10.6. The Morgan fingerprint density at radius 2 is 2.19 bits per heavy atom. The molecular weight excluding hydrogens is 202 g/mol. The van der Waals surface area contributed by atoms with E-state index in [2.05, 4.69) is 10.2 Å². The Morgan fingerprint density at radius 3 is 2.81 bits per heavy atom. The Labute approximate surface area is 98.0 Å². The molecule has 0 saturated carbocycles. The van der Waals surface area contributed by atoms with E-state index in [4.69, 9.17) is 0 Å². The average Bonchev–Trinajstić information content (AvgIpc) is 2.72. The van der Waals surface area contributed by atoms with Gasteiger partial charge in [-0.3, -0.25) is 9.69 Å². The fraction of sp³-hybridized carbons (Fsp3) is 0.917. The van der Waals surface area contributed by atoms with Crippen LogP contribution in [0.5, 0.6) is 0 Å². The fourth-order valence-electron chi connectivity index (χ4n) is 2.75. The topological polar surface area (TPSA) is 35.6 Å². The maximum absolute atomic E-state index is 12.1. The number of likely N-dealkylation sites (N-methyl/N-ethyl adjacent to an activating group) is 1. The van der Waals surface area contributed by atoms with Crippen LogP contribution in [0.2, 0.25) is 0 Å². The van der Waals surface area contributed by atoms with Gasteiger partial charge in [-0.05, 0) is 33.2 Å². The summed E-state index contributed by atoms with van der Waals surface area (Å²) in [5.41, 5.74) is -0.336. The number of hydrogen-bond donors (Lipinski definition) is 1. The van der Waals surface area contributed by atoms with E-state index < -0.39 is 0 Å². The first-order valence-electron chi connectivity index (χ1n) is 6.26. The lowest BCUT2D eigenvalue weighted by atomic mass is 9.97. The first kappa shape index (κ1) is 11.9. The molecule has 92 valence electrons. The highest BCUT2D eigenvalue weighted by Crippen LogP contribution is 2.22. The highest BCUT2D eigenvalue weighted by Gasteiger charge is 2.41. The van der Waals surface area contributed by atoms with Crippen LogP contribution < -0.4 is 5.32 Å². The second-order valence-corrected chi connectivity index (χ2v) is 5.53. The molecule has 0 bridgehead atoms. The predicted octanol–water partition coefficient (Wildman–Crippen LogP) is 0.291. The molecular formula is C12H23N3O. The Balaban J connectivity index is 2.00. The summed E-state index contributed by atoms with van der Waals surface area (Å²) in [5, 5.41) is 3.50. The van der Waals surface area contributed by atoms with E-state index in [-0.39, 0.29) is 11.4 Å². The number of rotatable bonds is 2. The Kier molecular flexibility index (Phi) is 3.22. The van der Waals surface area contributed by atoms with Crippen molar-refractivity contribution >= 4 is 5.91 Å². The van der Waals surface area contributed by atoms with Crippen LogP contribution in [-0.4, -0.2) is 60.5 Å². The van der Waals surface area contributed by atoms with Crippen LogP contribution in [0.25, 0.3) is 0 Å². The minimum absolute atomic E-state index is 0.247. The van der Waals surface area contributed by atoms with Crippen molar-refractivity contribution < 1.29 is 4.79 Å². The van der Waals surface area contributed by atoms with Gasteiger partial charge in [0.2, 0.25) is 5.91 Å². The quantitative estimate of drug-likeness (QED) is 0.734. The summed E-state index contributed by atoms with van der Waals surface area (Å²) in [5.74, 6) is 0.247. The Hall–Kier alpha value is -0.610. The van der Waals surface area contributed by atoms with Crippen LogP contribution in [0, 0.1) is 0 Å². The van der Waals surface area contributed by atoms with Crippen LogP contribution in [0.4, 0.5) is 0 Å². The summed E-state index contributed by atoms with van der Waals surface area (Å²) < 4.78 is 0. The molecule has 2 fully saturated rings. The number of hydrogen-bond acceptors (Lipinski definition) is 3. The van der Waals surface area contributed by atoms with Gasteiger partial charge in [0.1, 0.15) is 0 Å². The standard InChI is InChI=1S/C12H23N3O/c1-12(2)11(16)14(3)7-8-15(12)9-10-5-4-6-13-10/h10,13H,4-9H2,1-3H3/t10-/m1/s1. The second-order valence-electron chi connectivity index (χ2n) is 5.53. The second kappa shape index (κ2) is 4.34. The zero-order chi connectivity index (χ0) is 11.8. The molecule has 1 amide bonds. The molecule has 0 spiro atoms. The number of carbonyl (C=O) groups excluding carboxylic acids is 1. The predicted molar refractivity (Wildman–Crippen MR) is 64.3 cm³/mol. The molecule has 2 rings (SSSR count). The Morgan fingerprint density at radius 1 is 1.44 bits per heavy atom. The van der Waals surface area contributed by atoms with E-state index in [9.17, 15) is 4.79 Å². The van der Waals surface area contributed by atoms with Crippen LogP contribution in [-0.2, 0) is 4.79 Å². The molecule has 16 heavy (non-hydrogen) atoms. The third kappa shape index (κ3) is 2.09. The molecule has 1 N–H and O–H groups in total.